The number of rotatable bonds is 9. The Morgan fingerprint density at radius 2 is 1.95 bits per heavy atom. The Morgan fingerprint density at radius 1 is 1.16 bits per heavy atom. The Kier molecular flexibility index (Phi) is 7.76. The number of nitriles is 1. The molecule has 9 nitrogen and oxygen atoms in total. The smallest absolute Gasteiger partial charge is 0.241 e. The summed E-state index contributed by atoms with van der Waals surface area (Å²) in [5.41, 5.74) is 1.27. The summed E-state index contributed by atoms with van der Waals surface area (Å²) < 4.78 is 34.5. The van der Waals surface area contributed by atoms with Crippen LogP contribution in [0.4, 0.5) is 0 Å². The van der Waals surface area contributed by atoms with E-state index in [4.69, 9.17) is 10.00 Å². The minimum absolute atomic E-state index is 0.0156. The van der Waals surface area contributed by atoms with Gasteiger partial charge in [-0.3, -0.25) is 9.59 Å². The van der Waals surface area contributed by atoms with Gasteiger partial charge in [0.1, 0.15) is 11.8 Å². The predicted molar refractivity (Wildman–Crippen MR) is 138 cm³/mol. The minimum Gasteiger partial charge on any atom is -0.497 e. The van der Waals surface area contributed by atoms with E-state index < -0.39 is 27.9 Å². The SMILES string of the molecule is CCNC(=O)C(NS(=O)(=O)c1ccc2ccc(OC)cc2c1)[C@@H]1CCN(Cc2cccc(C#N)c2)C1=O. The first-order chi connectivity index (χ1) is 17.7. The molecule has 0 spiro atoms. The highest BCUT2D eigenvalue weighted by molar-refractivity contribution is 7.89. The molecule has 1 saturated heterocycles. The summed E-state index contributed by atoms with van der Waals surface area (Å²) in [5, 5.41) is 13.3. The number of likely N-dealkylation sites (tertiary alicyclic amines) is 1. The molecular weight excluding hydrogens is 492 g/mol. The van der Waals surface area contributed by atoms with Crippen LogP contribution < -0.4 is 14.8 Å². The number of hydrogen-bond donors (Lipinski definition) is 2. The number of methoxy groups -OCH3 is 1. The van der Waals surface area contributed by atoms with Crippen molar-refractivity contribution in [3.63, 3.8) is 0 Å². The van der Waals surface area contributed by atoms with E-state index in [0.29, 0.717) is 36.2 Å². The van der Waals surface area contributed by atoms with Gasteiger partial charge in [0, 0.05) is 19.6 Å². The highest BCUT2D eigenvalue weighted by atomic mass is 32.2. The van der Waals surface area contributed by atoms with E-state index in [2.05, 4.69) is 16.1 Å². The molecule has 0 aromatic heterocycles. The molecule has 2 N–H and O–H groups in total. The molecule has 4 rings (SSSR count). The lowest BCUT2D eigenvalue weighted by atomic mass is 9.98. The van der Waals surface area contributed by atoms with Crippen LogP contribution in [0.2, 0.25) is 0 Å². The first-order valence-corrected chi connectivity index (χ1v) is 13.4. The Morgan fingerprint density at radius 3 is 2.68 bits per heavy atom. The van der Waals surface area contributed by atoms with Gasteiger partial charge >= 0.3 is 0 Å². The van der Waals surface area contributed by atoms with Gasteiger partial charge in [0.25, 0.3) is 0 Å². The molecule has 0 bridgehead atoms. The van der Waals surface area contributed by atoms with Crippen molar-refractivity contribution < 1.29 is 22.7 Å². The minimum atomic E-state index is -4.14. The first kappa shape index (κ1) is 26.1. The molecule has 0 saturated carbocycles. The maximum absolute atomic E-state index is 13.4. The average Bonchev–Trinajstić information content (AvgIpc) is 3.26. The van der Waals surface area contributed by atoms with Crippen molar-refractivity contribution in [3.05, 3.63) is 71.8 Å². The highest BCUT2D eigenvalue weighted by Crippen LogP contribution is 2.27. The van der Waals surface area contributed by atoms with Crippen molar-refractivity contribution in [1.82, 2.24) is 14.9 Å². The Hall–Kier alpha value is -3.94. The molecule has 10 heteroatoms. The van der Waals surface area contributed by atoms with Crippen molar-refractivity contribution in [2.75, 3.05) is 20.2 Å². The summed E-state index contributed by atoms with van der Waals surface area (Å²) in [6, 6.07) is 17.8. The Bertz CT molecular complexity index is 1480. The summed E-state index contributed by atoms with van der Waals surface area (Å²) in [7, 11) is -2.61. The number of ether oxygens (including phenoxy) is 1. The van der Waals surface area contributed by atoms with Crippen molar-refractivity contribution in [2.24, 2.45) is 5.92 Å². The number of fused-ring (bicyclic) bond motifs is 1. The maximum atomic E-state index is 13.4. The lowest BCUT2D eigenvalue weighted by molar-refractivity contribution is -0.135. The summed E-state index contributed by atoms with van der Waals surface area (Å²) in [6.07, 6.45) is 0.315. The molecule has 0 radical (unpaired) electrons. The van der Waals surface area contributed by atoms with E-state index in [1.54, 1.807) is 48.2 Å². The zero-order chi connectivity index (χ0) is 26.6. The number of carbonyl (C=O) groups is 2. The van der Waals surface area contributed by atoms with E-state index in [9.17, 15) is 18.0 Å². The van der Waals surface area contributed by atoms with Gasteiger partial charge in [-0.1, -0.05) is 24.3 Å². The number of likely N-dealkylation sites (N-methyl/N-ethyl adjacent to an activating group) is 1. The second-order valence-corrected chi connectivity index (χ2v) is 10.5. The van der Waals surface area contributed by atoms with Crippen LogP contribution in [0.5, 0.6) is 5.75 Å². The second kappa shape index (κ2) is 11.0. The molecular formula is C27H28N4O5S. The number of sulfonamides is 1. The largest absolute Gasteiger partial charge is 0.497 e. The van der Waals surface area contributed by atoms with Crippen LogP contribution in [-0.4, -0.2) is 51.4 Å². The molecule has 2 atom stereocenters. The number of benzene rings is 3. The zero-order valence-corrected chi connectivity index (χ0v) is 21.4. The van der Waals surface area contributed by atoms with Gasteiger partial charge < -0.3 is 15.0 Å². The van der Waals surface area contributed by atoms with Gasteiger partial charge in [0.05, 0.1) is 29.6 Å². The summed E-state index contributed by atoms with van der Waals surface area (Å²) >= 11 is 0. The van der Waals surface area contributed by atoms with Crippen LogP contribution >= 0.6 is 0 Å². The standard InChI is InChI=1S/C27H28N4O5S/c1-3-29-26(32)25(24-11-12-31(27(24)33)17-19-6-4-5-18(13-19)16-28)30-37(34,35)23-10-8-20-7-9-22(36-2)14-21(20)15-23/h4-10,13-15,24-25,30H,3,11-12,17H2,1-2H3,(H,29,32)/t24-,25?/m0/s1. The number of nitrogens with one attached hydrogen (secondary N) is 2. The fourth-order valence-corrected chi connectivity index (χ4v) is 5.79. The van der Waals surface area contributed by atoms with Crippen molar-refractivity contribution in [1.29, 1.82) is 5.26 Å². The quantitative estimate of drug-likeness (QED) is 0.446. The van der Waals surface area contributed by atoms with Gasteiger partial charge in [-0.25, -0.2) is 8.42 Å². The van der Waals surface area contributed by atoms with Crippen LogP contribution in [-0.2, 0) is 26.2 Å². The van der Waals surface area contributed by atoms with Crippen molar-refractivity contribution in [3.8, 4) is 11.8 Å². The molecule has 1 aliphatic heterocycles. The lowest BCUT2D eigenvalue weighted by Gasteiger charge is -2.24. The van der Waals surface area contributed by atoms with Crippen LogP contribution in [0.1, 0.15) is 24.5 Å². The Balaban J connectivity index is 1.58. The fourth-order valence-electron chi connectivity index (χ4n) is 4.52. The molecule has 1 heterocycles. The van der Waals surface area contributed by atoms with Crippen LogP contribution in [0.25, 0.3) is 10.8 Å². The highest BCUT2D eigenvalue weighted by Gasteiger charge is 2.42. The summed E-state index contributed by atoms with van der Waals surface area (Å²) in [5.74, 6) is -1.14. The maximum Gasteiger partial charge on any atom is 0.241 e. The monoisotopic (exact) mass is 520 g/mol. The van der Waals surface area contributed by atoms with E-state index in [1.165, 1.54) is 19.2 Å². The van der Waals surface area contributed by atoms with Gasteiger partial charge in [-0.05, 0) is 66.1 Å². The van der Waals surface area contributed by atoms with Crippen LogP contribution in [0.3, 0.4) is 0 Å². The molecule has 0 aliphatic carbocycles. The molecule has 192 valence electrons. The topological polar surface area (TPSA) is 129 Å². The van der Waals surface area contributed by atoms with Crippen molar-refractivity contribution in [2.45, 2.75) is 30.8 Å². The third-order valence-electron chi connectivity index (χ3n) is 6.42. The average molecular weight is 521 g/mol. The molecule has 2 amide bonds. The van der Waals surface area contributed by atoms with Gasteiger partial charge in [0.15, 0.2) is 0 Å². The van der Waals surface area contributed by atoms with Gasteiger partial charge in [0.2, 0.25) is 21.8 Å². The van der Waals surface area contributed by atoms with Crippen LogP contribution in [0, 0.1) is 17.2 Å². The zero-order valence-electron chi connectivity index (χ0n) is 20.6. The third kappa shape index (κ3) is 5.74. The summed E-state index contributed by atoms with van der Waals surface area (Å²) in [6.45, 7) is 2.66. The molecule has 1 unspecified atom stereocenters. The van der Waals surface area contributed by atoms with Crippen LogP contribution in [0.15, 0.2) is 65.6 Å². The normalized spacial score (nSPS) is 16.4. The summed E-state index contributed by atoms with van der Waals surface area (Å²) in [4.78, 5) is 27.9. The molecule has 3 aromatic carbocycles. The van der Waals surface area contributed by atoms with Crippen molar-refractivity contribution >= 4 is 32.6 Å². The van der Waals surface area contributed by atoms with E-state index in [-0.39, 0.29) is 17.3 Å². The number of hydrogen-bond acceptors (Lipinski definition) is 6. The third-order valence-corrected chi connectivity index (χ3v) is 7.85. The molecule has 37 heavy (non-hydrogen) atoms. The fraction of sp³-hybridized carbons (Fsp3) is 0.296. The second-order valence-electron chi connectivity index (χ2n) is 8.84. The molecule has 1 aliphatic rings. The van der Waals surface area contributed by atoms with Gasteiger partial charge in [-0.15, -0.1) is 0 Å². The predicted octanol–water partition coefficient (Wildman–Crippen LogP) is 2.55. The Labute approximate surface area is 216 Å². The number of nitrogens with zero attached hydrogens (tertiary/aromatic N) is 2. The molecule has 1 fully saturated rings. The van der Waals surface area contributed by atoms with E-state index >= 15 is 0 Å². The first-order valence-electron chi connectivity index (χ1n) is 11.9. The number of carbonyl (C=O) groups excluding carboxylic acids is 2. The lowest BCUT2D eigenvalue weighted by Crippen LogP contribution is -2.52. The van der Waals surface area contributed by atoms with E-state index in [1.807, 2.05) is 12.1 Å². The van der Waals surface area contributed by atoms with Gasteiger partial charge in [-0.2, -0.15) is 9.98 Å². The molecule has 3 aromatic rings. The number of amides is 2. The van der Waals surface area contributed by atoms with E-state index in [0.717, 1.165) is 10.9 Å².